The van der Waals surface area contributed by atoms with Gasteiger partial charge in [0, 0.05) is 17.0 Å². The van der Waals surface area contributed by atoms with Crippen LogP contribution in [0.15, 0.2) is 73.6 Å². The molecular weight excluding hydrogens is 444 g/mol. The fraction of sp³-hybridized carbons (Fsp3) is 0.261. The van der Waals surface area contributed by atoms with E-state index in [0.717, 1.165) is 24.8 Å². The van der Waals surface area contributed by atoms with Gasteiger partial charge in [-0.3, -0.25) is 0 Å². The number of nitrogens with one attached hydrogen (secondary N) is 2. The highest BCUT2D eigenvalue weighted by Gasteiger charge is 2.34. The predicted molar refractivity (Wildman–Crippen MR) is 119 cm³/mol. The van der Waals surface area contributed by atoms with E-state index >= 15 is 0 Å². The number of aromatic nitrogens is 3. The standard InChI is InChI=1S/C23H22N4O5S/c1-14(17-9-4-6-15-7-5-10-18(15)17)21(22-25-26-23(28)32-22)27-33(29,30)20-11-3-2-8-19(20)16-12-24-31-13-16/h2-4,6,8-9,11-14,21,27H,5,7,10H2,1H3,(H,26,28)/t14-,21+/m1/s1. The molecule has 0 amide bonds. The van der Waals surface area contributed by atoms with E-state index in [1.807, 2.05) is 19.1 Å². The Bertz CT molecular complexity index is 1440. The summed E-state index contributed by atoms with van der Waals surface area (Å²) < 4.78 is 40.0. The Morgan fingerprint density at radius 2 is 1.97 bits per heavy atom. The van der Waals surface area contributed by atoms with E-state index in [1.165, 1.54) is 29.7 Å². The van der Waals surface area contributed by atoms with Gasteiger partial charge in [-0.05, 0) is 42.0 Å². The lowest BCUT2D eigenvalue weighted by atomic mass is 9.88. The van der Waals surface area contributed by atoms with Gasteiger partial charge in [0.15, 0.2) is 0 Å². The number of aromatic amines is 1. The van der Waals surface area contributed by atoms with E-state index in [0.29, 0.717) is 11.1 Å². The molecule has 1 aliphatic rings. The van der Waals surface area contributed by atoms with E-state index in [4.69, 9.17) is 8.94 Å². The first kappa shape index (κ1) is 21.4. The Morgan fingerprint density at radius 1 is 1.12 bits per heavy atom. The Morgan fingerprint density at radius 3 is 2.73 bits per heavy atom. The van der Waals surface area contributed by atoms with Crippen molar-refractivity contribution in [3.63, 3.8) is 0 Å². The van der Waals surface area contributed by atoms with Crippen LogP contribution in [-0.4, -0.2) is 23.8 Å². The highest BCUT2D eigenvalue weighted by atomic mass is 32.2. The second-order valence-corrected chi connectivity index (χ2v) is 9.77. The minimum Gasteiger partial charge on any atom is -0.391 e. The number of rotatable bonds is 7. The number of sulfonamides is 1. The highest BCUT2D eigenvalue weighted by Crippen LogP contribution is 2.37. The molecule has 9 nitrogen and oxygen atoms in total. The van der Waals surface area contributed by atoms with Gasteiger partial charge >= 0.3 is 5.76 Å². The van der Waals surface area contributed by atoms with Gasteiger partial charge in [-0.25, -0.2) is 18.3 Å². The van der Waals surface area contributed by atoms with Crippen LogP contribution in [0.1, 0.15) is 47.9 Å². The molecule has 0 bridgehead atoms. The molecule has 4 aromatic rings. The maximum atomic E-state index is 13.6. The van der Waals surface area contributed by atoms with Crippen molar-refractivity contribution >= 4 is 10.0 Å². The lowest BCUT2D eigenvalue weighted by Gasteiger charge is -2.25. The third-order valence-electron chi connectivity index (χ3n) is 6.10. The van der Waals surface area contributed by atoms with Gasteiger partial charge < -0.3 is 8.94 Å². The molecule has 0 unspecified atom stereocenters. The zero-order valence-electron chi connectivity index (χ0n) is 17.8. The summed E-state index contributed by atoms with van der Waals surface area (Å²) in [5, 5.41) is 9.87. The highest BCUT2D eigenvalue weighted by molar-refractivity contribution is 7.89. The summed E-state index contributed by atoms with van der Waals surface area (Å²) in [4.78, 5) is 11.8. The summed E-state index contributed by atoms with van der Waals surface area (Å²) in [6.45, 7) is 1.90. The van der Waals surface area contributed by atoms with E-state index in [-0.39, 0.29) is 16.7 Å². The molecule has 0 radical (unpaired) electrons. The monoisotopic (exact) mass is 466 g/mol. The first-order valence-electron chi connectivity index (χ1n) is 10.6. The summed E-state index contributed by atoms with van der Waals surface area (Å²) in [6.07, 6.45) is 5.81. The molecule has 170 valence electrons. The van der Waals surface area contributed by atoms with E-state index < -0.39 is 21.8 Å². The third kappa shape index (κ3) is 4.03. The van der Waals surface area contributed by atoms with Crippen LogP contribution in [0.25, 0.3) is 11.1 Å². The molecule has 1 aliphatic carbocycles. The van der Waals surface area contributed by atoms with Crippen LogP contribution >= 0.6 is 0 Å². The van der Waals surface area contributed by atoms with Gasteiger partial charge in [0.1, 0.15) is 12.3 Å². The molecule has 2 aromatic carbocycles. The molecule has 2 atom stereocenters. The Hall–Kier alpha value is -3.50. The summed E-state index contributed by atoms with van der Waals surface area (Å²) in [5.41, 5.74) is 4.48. The summed E-state index contributed by atoms with van der Waals surface area (Å²) in [6, 6.07) is 11.7. The molecule has 33 heavy (non-hydrogen) atoms. The van der Waals surface area contributed by atoms with Gasteiger partial charge in [-0.2, -0.15) is 4.72 Å². The first-order valence-corrected chi connectivity index (χ1v) is 12.1. The summed E-state index contributed by atoms with van der Waals surface area (Å²) in [7, 11) is -4.06. The molecule has 0 saturated carbocycles. The average Bonchev–Trinajstić information content (AvgIpc) is 3.58. The van der Waals surface area contributed by atoms with Crippen molar-refractivity contribution < 1.29 is 17.4 Å². The minimum absolute atomic E-state index is 0.0193. The lowest BCUT2D eigenvalue weighted by molar-refractivity contribution is 0.381. The lowest BCUT2D eigenvalue weighted by Crippen LogP contribution is -2.33. The largest absolute Gasteiger partial charge is 0.434 e. The van der Waals surface area contributed by atoms with Crippen molar-refractivity contribution in [2.45, 2.75) is 43.0 Å². The number of benzene rings is 2. The van der Waals surface area contributed by atoms with Crippen molar-refractivity contribution in [3.8, 4) is 11.1 Å². The van der Waals surface area contributed by atoms with E-state index in [1.54, 1.807) is 18.2 Å². The predicted octanol–water partition coefficient (Wildman–Crippen LogP) is 3.33. The SMILES string of the molecule is C[C@H](c1cccc2c1CCC2)[C@H](NS(=O)(=O)c1ccccc1-c1cnoc1)c1n[nH]c(=O)o1. The molecule has 0 fully saturated rings. The average molecular weight is 467 g/mol. The minimum atomic E-state index is -4.06. The van der Waals surface area contributed by atoms with Gasteiger partial charge in [-0.1, -0.05) is 48.5 Å². The molecule has 5 rings (SSSR count). The van der Waals surface area contributed by atoms with Gasteiger partial charge in [0.25, 0.3) is 0 Å². The maximum Gasteiger partial charge on any atom is 0.434 e. The summed E-state index contributed by atoms with van der Waals surface area (Å²) >= 11 is 0. The molecule has 0 aliphatic heterocycles. The van der Waals surface area contributed by atoms with Crippen LogP contribution < -0.4 is 10.5 Å². The number of nitrogens with zero attached hydrogens (tertiary/aromatic N) is 2. The van der Waals surface area contributed by atoms with Crippen molar-refractivity contribution in [2.75, 3.05) is 0 Å². The van der Waals surface area contributed by atoms with Crippen LogP contribution in [0.2, 0.25) is 0 Å². The molecular formula is C23H22N4O5S. The van der Waals surface area contributed by atoms with Crippen molar-refractivity contribution in [1.29, 1.82) is 0 Å². The van der Waals surface area contributed by atoms with Gasteiger partial charge in [0.05, 0.1) is 11.1 Å². The van der Waals surface area contributed by atoms with Crippen LogP contribution in [-0.2, 0) is 22.9 Å². The molecule has 10 heteroatoms. The van der Waals surface area contributed by atoms with Crippen LogP contribution in [0.3, 0.4) is 0 Å². The first-order chi connectivity index (χ1) is 15.9. The molecule has 2 aromatic heterocycles. The van der Waals surface area contributed by atoms with Crippen molar-refractivity contribution in [1.82, 2.24) is 20.1 Å². The second kappa shape index (κ2) is 8.45. The molecule has 0 saturated heterocycles. The van der Waals surface area contributed by atoms with Crippen LogP contribution in [0.4, 0.5) is 0 Å². The fourth-order valence-corrected chi connectivity index (χ4v) is 6.00. The molecule has 2 N–H and O–H groups in total. The summed E-state index contributed by atoms with van der Waals surface area (Å²) in [5.74, 6) is -1.11. The number of fused-ring (bicyclic) bond motifs is 1. The normalized spacial score (nSPS) is 15.3. The maximum absolute atomic E-state index is 13.6. The molecule has 0 spiro atoms. The third-order valence-corrected chi connectivity index (χ3v) is 7.59. The quantitative estimate of drug-likeness (QED) is 0.427. The Kier molecular flexibility index (Phi) is 5.47. The number of aryl methyl sites for hydroxylation is 1. The number of hydrogen-bond acceptors (Lipinski definition) is 7. The van der Waals surface area contributed by atoms with Gasteiger partial charge in [0.2, 0.25) is 15.9 Å². The van der Waals surface area contributed by atoms with Crippen molar-refractivity contribution in [2.24, 2.45) is 0 Å². The Balaban J connectivity index is 1.57. The Labute approximate surface area is 189 Å². The number of H-pyrrole nitrogens is 1. The zero-order valence-corrected chi connectivity index (χ0v) is 18.6. The number of hydrogen-bond donors (Lipinski definition) is 2. The van der Waals surface area contributed by atoms with E-state index in [9.17, 15) is 13.2 Å². The smallest absolute Gasteiger partial charge is 0.391 e. The molecule has 2 heterocycles. The van der Waals surface area contributed by atoms with Crippen LogP contribution in [0.5, 0.6) is 0 Å². The van der Waals surface area contributed by atoms with E-state index in [2.05, 4.69) is 26.1 Å². The van der Waals surface area contributed by atoms with Crippen molar-refractivity contribution in [3.05, 3.63) is 88.1 Å². The zero-order chi connectivity index (χ0) is 23.0. The topological polar surface area (TPSA) is 131 Å². The van der Waals surface area contributed by atoms with Crippen LogP contribution in [0, 0.1) is 0 Å². The fourth-order valence-electron chi connectivity index (χ4n) is 4.50. The second-order valence-electron chi connectivity index (χ2n) is 8.09. The van der Waals surface area contributed by atoms with Gasteiger partial charge in [-0.15, -0.1) is 5.10 Å².